The molecule has 0 amide bonds. The van der Waals surface area contributed by atoms with Crippen molar-refractivity contribution in [1.29, 1.82) is 0 Å². The number of nitrogens with one attached hydrogen (secondary N) is 1. The lowest BCUT2D eigenvalue weighted by molar-refractivity contribution is 0.279. The van der Waals surface area contributed by atoms with Crippen molar-refractivity contribution in [3.8, 4) is 0 Å². The van der Waals surface area contributed by atoms with E-state index in [1.54, 1.807) is 0 Å². The average molecular weight is 172 g/mol. The van der Waals surface area contributed by atoms with Gasteiger partial charge in [-0.05, 0) is 38.3 Å². The van der Waals surface area contributed by atoms with Gasteiger partial charge in [0.25, 0.3) is 0 Å². The van der Waals surface area contributed by atoms with Gasteiger partial charge in [-0.2, -0.15) is 0 Å². The van der Waals surface area contributed by atoms with Gasteiger partial charge in [-0.25, -0.2) is 0 Å². The minimum Gasteiger partial charge on any atom is -0.396 e. The van der Waals surface area contributed by atoms with Crippen LogP contribution in [0.5, 0.6) is 0 Å². The van der Waals surface area contributed by atoms with Crippen molar-refractivity contribution in [3.05, 3.63) is 0 Å². The zero-order valence-electron chi connectivity index (χ0n) is 7.63. The third-order valence-electron chi connectivity index (χ3n) is 2.70. The lowest BCUT2D eigenvalue weighted by Crippen LogP contribution is -2.36. The summed E-state index contributed by atoms with van der Waals surface area (Å²) in [5.74, 6) is 0.670. The molecule has 3 nitrogen and oxygen atoms in total. The van der Waals surface area contributed by atoms with E-state index < -0.39 is 0 Å². The largest absolute Gasteiger partial charge is 0.396 e. The van der Waals surface area contributed by atoms with Crippen molar-refractivity contribution >= 4 is 0 Å². The maximum atomic E-state index is 8.60. The molecule has 3 heteroatoms. The van der Waals surface area contributed by atoms with Crippen molar-refractivity contribution in [1.82, 2.24) is 5.32 Å². The van der Waals surface area contributed by atoms with Gasteiger partial charge in [-0.15, -0.1) is 0 Å². The molecule has 1 fully saturated rings. The summed E-state index contributed by atoms with van der Waals surface area (Å²) in [6.07, 6.45) is 4.69. The highest BCUT2D eigenvalue weighted by atomic mass is 16.3. The molecule has 0 aromatic heterocycles. The molecule has 1 aliphatic carbocycles. The first-order valence-corrected chi connectivity index (χ1v) is 4.92. The number of aliphatic hydroxyl groups excluding tert-OH is 1. The third-order valence-corrected chi connectivity index (χ3v) is 2.70. The van der Waals surface area contributed by atoms with Crippen LogP contribution in [0.1, 0.15) is 25.7 Å². The van der Waals surface area contributed by atoms with E-state index in [-0.39, 0.29) is 6.61 Å². The molecule has 4 N–H and O–H groups in total. The Hall–Kier alpha value is -0.120. The molecule has 0 radical (unpaired) electrons. The van der Waals surface area contributed by atoms with Crippen LogP contribution < -0.4 is 11.1 Å². The fourth-order valence-corrected chi connectivity index (χ4v) is 1.95. The Morgan fingerprint density at radius 1 is 1.42 bits per heavy atom. The van der Waals surface area contributed by atoms with Crippen molar-refractivity contribution < 1.29 is 5.11 Å². The molecule has 0 aliphatic heterocycles. The highest BCUT2D eigenvalue weighted by molar-refractivity contribution is 4.83. The highest BCUT2D eigenvalue weighted by Crippen LogP contribution is 2.24. The van der Waals surface area contributed by atoms with E-state index >= 15 is 0 Å². The van der Waals surface area contributed by atoms with Gasteiger partial charge in [-0.1, -0.05) is 6.42 Å². The molecule has 1 rings (SSSR count). The van der Waals surface area contributed by atoms with Crippen LogP contribution in [0.25, 0.3) is 0 Å². The summed E-state index contributed by atoms with van der Waals surface area (Å²) in [5.41, 5.74) is 5.64. The predicted molar refractivity (Wildman–Crippen MR) is 49.9 cm³/mol. The molecule has 72 valence electrons. The minimum absolute atomic E-state index is 0.285. The summed E-state index contributed by atoms with van der Waals surface area (Å²) in [5, 5.41) is 12.0. The van der Waals surface area contributed by atoms with E-state index in [1.807, 2.05) is 0 Å². The van der Waals surface area contributed by atoms with Crippen molar-refractivity contribution in [3.63, 3.8) is 0 Å². The summed E-state index contributed by atoms with van der Waals surface area (Å²) in [6, 6.07) is 0.613. The Morgan fingerprint density at radius 3 is 2.92 bits per heavy atom. The first-order chi connectivity index (χ1) is 5.88. The molecule has 0 bridgehead atoms. The summed E-state index contributed by atoms with van der Waals surface area (Å²) in [6.45, 7) is 2.02. The first-order valence-electron chi connectivity index (χ1n) is 4.92. The molecule has 0 spiro atoms. The molecule has 1 aliphatic rings. The number of hydrogen-bond acceptors (Lipinski definition) is 3. The van der Waals surface area contributed by atoms with E-state index in [0.717, 1.165) is 19.5 Å². The summed E-state index contributed by atoms with van der Waals surface area (Å²) in [7, 11) is 0. The first kappa shape index (κ1) is 9.96. The molecule has 0 aromatic carbocycles. The van der Waals surface area contributed by atoms with Crippen LogP contribution in [0.15, 0.2) is 0 Å². The van der Waals surface area contributed by atoms with Gasteiger partial charge < -0.3 is 16.2 Å². The van der Waals surface area contributed by atoms with E-state index in [2.05, 4.69) is 5.32 Å². The second kappa shape index (κ2) is 5.51. The van der Waals surface area contributed by atoms with Gasteiger partial charge in [0.2, 0.25) is 0 Å². The van der Waals surface area contributed by atoms with Crippen LogP contribution in [0.2, 0.25) is 0 Å². The quantitative estimate of drug-likeness (QED) is 0.515. The maximum absolute atomic E-state index is 8.60. The maximum Gasteiger partial charge on any atom is 0.0443 e. The van der Waals surface area contributed by atoms with Gasteiger partial charge in [0.05, 0.1) is 0 Å². The number of hydrogen-bond donors (Lipinski definition) is 3. The fourth-order valence-electron chi connectivity index (χ4n) is 1.95. The summed E-state index contributed by atoms with van der Waals surface area (Å²) >= 11 is 0. The Bertz CT molecular complexity index is 119. The van der Waals surface area contributed by atoms with Crippen LogP contribution in [0.4, 0.5) is 0 Å². The number of nitrogens with two attached hydrogens (primary N) is 1. The van der Waals surface area contributed by atoms with Gasteiger partial charge in [0.15, 0.2) is 0 Å². The van der Waals surface area contributed by atoms with Crippen LogP contribution in [-0.4, -0.2) is 30.8 Å². The molecule has 2 atom stereocenters. The second-order valence-electron chi connectivity index (χ2n) is 3.56. The average Bonchev–Trinajstić information content (AvgIpc) is 2.52. The Labute approximate surface area is 74.3 Å². The Kier molecular flexibility index (Phi) is 4.58. The molecule has 1 saturated carbocycles. The van der Waals surface area contributed by atoms with Gasteiger partial charge >= 0.3 is 0 Å². The molecule has 0 aromatic rings. The number of rotatable bonds is 5. The van der Waals surface area contributed by atoms with Crippen LogP contribution in [0, 0.1) is 5.92 Å². The molecule has 0 heterocycles. The van der Waals surface area contributed by atoms with Crippen molar-refractivity contribution in [2.75, 3.05) is 19.7 Å². The number of aliphatic hydroxyl groups is 1. The van der Waals surface area contributed by atoms with E-state index in [9.17, 15) is 0 Å². The summed E-state index contributed by atoms with van der Waals surface area (Å²) in [4.78, 5) is 0. The van der Waals surface area contributed by atoms with Gasteiger partial charge in [-0.3, -0.25) is 0 Å². The summed E-state index contributed by atoms with van der Waals surface area (Å²) < 4.78 is 0. The topological polar surface area (TPSA) is 58.3 Å². The normalized spacial score (nSPS) is 29.5. The highest BCUT2D eigenvalue weighted by Gasteiger charge is 2.24. The van der Waals surface area contributed by atoms with Crippen molar-refractivity contribution in [2.45, 2.75) is 31.7 Å². The fraction of sp³-hybridized carbons (Fsp3) is 1.00. The molecular weight excluding hydrogens is 152 g/mol. The third kappa shape index (κ3) is 2.73. The van der Waals surface area contributed by atoms with Gasteiger partial charge in [0, 0.05) is 12.6 Å². The van der Waals surface area contributed by atoms with Gasteiger partial charge in [0.1, 0.15) is 0 Å². The van der Waals surface area contributed by atoms with E-state index in [4.69, 9.17) is 10.8 Å². The van der Waals surface area contributed by atoms with Crippen LogP contribution in [-0.2, 0) is 0 Å². The predicted octanol–water partition coefficient (Wildman–Crippen LogP) is 0.0858. The zero-order valence-corrected chi connectivity index (χ0v) is 7.63. The minimum atomic E-state index is 0.285. The van der Waals surface area contributed by atoms with E-state index in [0.29, 0.717) is 12.0 Å². The van der Waals surface area contributed by atoms with Crippen LogP contribution in [0.3, 0.4) is 0 Å². The Morgan fingerprint density at radius 2 is 2.25 bits per heavy atom. The molecule has 0 saturated heterocycles. The second-order valence-corrected chi connectivity index (χ2v) is 3.56. The Balaban J connectivity index is 2.12. The van der Waals surface area contributed by atoms with Crippen molar-refractivity contribution in [2.24, 2.45) is 11.7 Å². The standard InChI is InChI=1S/C9H20N2O/c10-7-8-3-1-4-9(8)11-5-2-6-12/h8-9,11-12H,1-7,10H2. The smallest absolute Gasteiger partial charge is 0.0443 e. The lowest BCUT2D eigenvalue weighted by atomic mass is 10.0. The molecule has 2 unspecified atom stereocenters. The SMILES string of the molecule is NCC1CCCC1NCCCO. The van der Waals surface area contributed by atoms with E-state index in [1.165, 1.54) is 19.3 Å². The van der Waals surface area contributed by atoms with Crippen LogP contribution >= 0.6 is 0 Å². The molecule has 12 heavy (non-hydrogen) atoms. The monoisotopic (exact) mass is 172 g/mol. The lowest BCUT2D eigenvalue weighted by Gasteiger charge is -2.18. The molecular formula is C9H20N2O. The zero-order chi connectivity index (χ0) is 8.81.